The number of ether oxygens (including phenoxy) is 1. The van der Waals surface area contributed by atoms with Crippen molar-refractivity contribution in [3.8, 4) is 5.88 Å². The van der Waals surface area contributed by atoms with Crippen LogP contribution in [0.1, 0.15) is 49.3 Å². The van der Waals surface area contributed by atoms with Crippen molar-refractivity contribution in [1.82, 2.24) is 19.9 Å². The molecule has 2 aromatic rings. The zero-order valence-corrected chi connectivity index (χ0v) is 17.3. The first-order chi connectivity index (χ1) is 14.3. The van der Waals surface area contributed by atoms with Gasteiger partial charge in [-0.2, -0.15) is 0 Å². The van der Waals surface area contributed by atoms with Gasteiger partial charge in [-0.25, -0.2) is 15.0 Å². The average Bonchev–Trinajstić information content (AvgIpc) is 2.73. The van der Waals surface area contributed by atoms with E-state index in [0.29, 0.717) is 23.9 Å². The summed E-state index contributed by atoms with van der Waals surface area (Å²) in [5.41, 5.74) is 6.12. The minimum atomic E-state index is -0.911. The van der Waals surface area contributed by atoms with Gasteiger partial charge in [0.15, 0.2) is 5.96 Å². The highest BCUT2D eigenvalue weighted by atomic mass is 16.5. The molecule has 2 amide bonds. The summed E-state index contributed by atoms with van der Waals surface area (Å²) in [6.07, 6.45) is 6.39. The number of hydrogen-bond acceptors (Lipinski definition) is 8. The molecule has 0 spiro atoms. The molecule has 0 bridgehead atoms. The maximum Gasteiger partial charge on any atom is 0.275 e. The van der Waals surface area contributed by atoms with E-state index in [1.807, 2.05) is 0 Å². The number of carbonyl (C=O) groups excluding carboxylic acids is 2. The van der Waals surface area contributed by atoms with E-state index in [1.165, 1.54) is 17.3 Å². The Morgan fingerprint density at radius 1 is 1.33 bits per heavy atom. The molecule has 1 atom stereocenters. The van der Waals surface area contributed by atoms with Gasteiger partial charge in [0.2, 0.25) is 11.8 Å². The molecule has 3 N–H and O–H groups in total. The molecule has 3 heterocycles. The molecule has 0 radical (unpaired) electrons. The second kappa shape index (κ2) is 8.85. The Morgan fingerprint density at radius 2 is 2.13 bits per heavy atom. The van der Waals surface area contributed by atoms with Crippen LogP contribution in [0.3, 0.4) is 0 Å². The topological polar surface area (TPSA) is 136 Å². The van der Waals surface area contributed by atoms with E-state index in [1.54, 1.807) is 32.3 Å². The van der Waals surface area contributed by atoms with Crippen LogP contribution in [0.25, 0.3) is 0 Å². The summed E-state index contributed by atoms with van der Waals surface area (Å²) in [6, 6.07) is 3.31. The van der Waals surface area contributed by atoms with E-state index in [0.717, 1.165) is 12.8 Å². The van der Waals surface area contributed by atoms with Crippen molar-refractivity contribution in [1.29, 1.82) is 0 Å². The molecular weight excluding hydrogens is 386 g/mol. The Hall–Kier alpha value is -3.56. The summed E-state index contributed by atoms with van der Waals surface area (Å²) in [7, 11) is 1.58. The maximum absolute atomic E-state index is 12.5. The smallest absolute Gasteiger partial charge is 0.275 e. The van der Waals surface area contributed by atoms with Crippen LogP contribution in [0.4, 0.5) is 5.69 Å². The number of pyridine rings is 1. The molecule has 2 aromatic heterocycles. The fraction of sp³-hybridized carbons (Fsp3) is 0.400. The van der Waals surface area contributed by atoms with Gasteiger partial charge >= 0.3 is 0 Å². The lowest BCUT2D eigenvalue weighted by Crippen LogP contribution is -2.47. The molecule has 1 aliphatic rings. The van der Waals surface area contributed by atoms with Crippen LogP contribution in [0.5, 0.6) is 5.88 Å². The van der Waals surface area contributed by atoms with Crippen molar-refractivity contribution < 1.29 is 14.3 Å². The normalized spacial score (nSPS) is 18.7. The first-order valence-corrected chi connectivity index (χ1v) is 9.67. The number of rotatable bonds is 7. The Morgan fingerprint density at radius 3 is 2.80 bits per heavy atom. The highest BCUT2D eigenvalue weighted by molar-refractivity contribution is 6.02. The lowest BCUT2D eigenvalue weighted by molar-refractivity contribution is -0.128. The molecule has 0 aliphatic carbocycles. The molecule has 1 unspecified atom stereocenters. The number of amides is 2. The first kappa shape index (κ1) is 21.2. The molecule has 0 saturated carbocycles. The van der Waals surface area contributed by atoms with Gasteiger partial charge in [-0.05, 0) is 25.5 Å². The van der Waals surface area contributed by atoms with Crippen molar-refractivity contribution in [2.75, 3.05) is 19.0 Å². The standard InChI is InChI=1S/C20H25N7O3/c1-4-5-8-30-16-12-23-14(11-24-16)18(29)25-13-6-7-22-15(9-13)20(2)10-17(28)27(3)19(21)26-20/h6-7,9,11-12H,4-5,8,10H2,1-3H3,(H2,21,26)(H,22,25,29). The molecule has 3 rings (SSSR count). The summed E-state index contributed by atoms with van der Waals surface area (Å²) < 4.78 is 5.45. The van der Waals surface area contributed by atoms with Crippen molar-refractivity contribution in [3.05, 3.63) is 42.1 Å². The number of carbonyl (C=O) groups is 2. The van der Waals surface area contributed by atoms with Gasteiger partial charge in [-0.3, -0.25) is 19.5 Å². The van der Waals surface area contributed by atoms with E-state index in [9.17, 15) is 9.59 Å². The van der Waals surface area contributed by atoms with E-state index >= 15 is 0 Å². The number of nitrogens with one attached hydrogen (secondary N) is 1. The zero-order chi connectivity index (χ0) is 21.7. The zero-order valence-electron chi connectivity index (χ0n) is 17.3. The number of hydrogen-bond donors (Lipinski definition) is 2. The Labute approximate surface area is 174 Å². The molecule has 0 fully saturated rings. The van der Waals surface area contributed by atoms with Crippen LogP contribution in [0.2, 0.25) is 0 Å². The molecule has 30 heavy (non-hydrogen) atoms. The van der Waals surface area contributed by atoms with E-state index in [-0.39, 0.29) is 24.0 Å². The number of unbranched alkanes of at least 4 members (excludes halogenated alkanes) is 1. The molecule has 0 aromatic carbocycles. The molecule has 0 saturated heterocycles. The molecule has 10 nitrogen and oxygen atoms in total. The molecular formula is C20H25N7O3. The second-order valence-electron chi connectivity index (χ2n) is 7.20. The Balaban J connectivity index is 1.72. The Bertz CT molecular complexity index is 961. The fourth-order valence-electron chi connectivity index (χ4n) is 2.88. The minimum absolute atomic E-state index is 0.125. The second-order valence-corrected chi connectivity index (χ2v) is 7.20. The number of nitrogens with two attached hydrogens (primary N) is 1. The monoisotopic (exact) mass is 411 g/mol. The predicted molar refractivity (Wildman–Crippen MR) is 111 cm³/mol. The minimum Gasteiger partial charge on any atom is -0.477 e. The number of aliphatic imine (C=N–C) groups is 1. The van der Waals surface area contributed by atoms with Gasteiger partial charge < -0.3 is 15.8 Å². The third kappa shape index (κ3) is 4.70. The van der Waals surface area contributed by atoms with Crippen molar-refractivity contribution in [3.63, 3.8) is 0 Å². The highest BCUT2D eigenvalue weighted by Crippen LogP contribution is 2.32. The molecule has 10 heteroatoms. The maximum atomic E-state index is 12.5. The SMILES string of the molecule is CCCCOc1cnc(C(=O)Nc2ccnc(C3(C)CC(=O)N(C)C(N)=N3)c2)cn1. The largest absolute Gasteiger partial charge is 0.477 e. The van der Waals surface area contributed by atoms with Crippen LogP contribution in [-0.4, -0.2) is 51.3 Å². The lowest BCUT2D eigenvalue weighted by atomic mass is 9.91. The Kier molecular flexibility index (Phi) is 6.24. The summed E-state index contributed by atoms with van der Waals surface area (Å²) >= 11 is 0. The van der Waals surface area contributed by atoms with Gasteiger partial charge in [0.25, 0.3) is 5.91 Å². The summed E-state index contributed by atoms with van der Waals surface area (Å²) in [6.45, 7) is 4.40. The van der Waals surface area contributed by atoms with Crippen molar-refractivity contribution in [2.24, 2.45) is 10.7 Å². The summed E-state index contributed by atoms with van der Waals surface area (Å²) in [5.74, 6) is -0.0758. The van der Waals surface area contributed by atoms with Gasteiger partial charge in [-0.1, -0.05) is 13.3 Å². The number of anilines is 1. The van der Waals surface area contributed by atoms with Crippen LogP contribution in [0, 0.1) is 0 Å². The summed E-state index contributed by atoms with van der Waals surface area (Å²) in [4.78, 5) is 43.0. The first-order valence-electron chi connectivity index (χ1n) is 9.67. The number of guanidine groups is 1. The van der Waals surface area contributed by atoms with Gasteiger partial charge in [-0.15, -0.1) is 0 Å². The fourth-order valence-corrected chi connectivity index (χ4v) is 2.88. The third-order valence-electron chi connectivity index (χ3n) is 4.75. The average molecular weight is 411 g/mol. The van der Waals surface area contributed by atoms with Crippen LogP contribution < -0.4 is 15.8 Å². The van der Waals surface area contributed by atoms with E-state index < -0.39 is 11.4 Å². The molecule has 158 valence electrons. The van der Waals surface area contributed by atoms with Crippen LogP contribution in [0.15, 0.2) is 35.7 Å². The van der Waals surface area contributed by atoms with E-state index in [4.69, 9.17) is 10.5 Å². The van der Waals surface area contributed by atoms with Crippen molar-refractivity contribution in [2.45, 2.75) is 38.6 Å². The van der Waals surface area contributed by atoms with Gasteiger partial charge in [0.1, 0.15) is 11.2 Å². The van der Waals surface area contributed by atoms with E-state index in [2.05, 4.69) is 32.2 Å². The third-order valence-corrected chi connectivity index (χ3v) is 4.75. The predicted octanol–water partition coefficient (Wildman–Crippen LogP) is 1.69. The number of aromatic nitrogens is 3. The highest BCUT2D eigenvalue weighted by Gasteiger charge is 2.37. The lowest BCUT2D eigenvalue weighted by Gasteiger charge is -2.32. The van der Waals surface area contributed by atoms with Gasteiger partial charge in [0, 0.05) is 18.9 Å². The summed E-state index contributed by atoms with van der Waals surface area (Å²) in [5, 5.41) is 2.76. The van der Waals surface area contributed by atoms with Crippen LogP contribution in [-0.2, 0) is 10.3 Å². The molecule has 1 aliphatic heterocycles. The quantitative estimate of drug-likeness (QED) is 0.662. The number of nitrogens with zero attached hydrogens (tertiary/aromatic N) is 5. The van der Waals surface area contributed by atoms with Gasteiger partial charge in [0.05, 0.1) is 31.1 Å². The van der Waals surface area contributed by atoms with Crippen LogP contribution >= 0.6 is 0 Å². The van der Waals surface area contributed by atoms with Crippen molar-refractivity contribution >= 4 is 23.5 Å².